The van der Waals surface area contributed by atoms with Crippen molar-refractivity contribution in [3.05, 3.63) is 58.4 Å². The molecular formula is C21H22N2O5S2. The van der Waals surface area contributed by atoms with E-state index in [0.717, 1.165) is 28.5 Å². The van der Waals surface area contributed by atoms with Crippen LogP contribution in [-0.2, 0) is 32.3 Å². The normalized spacial score (nSPS) is 12.3. The van der Waals surface area contributed by atoms with E-state index in [1.165, 1.54) is 35.6 Å². The Morgan fingerprint density at radius 2 is 1.90 bits per heavy atom. The van der Waals surface area contributed by atoms with Crippen LogP contribution in [0.1, 0.15) is 29.8 Å². The number of hydrogen-bond donors (Lipinski definition) is 0. The highest BCUT2D eigenvalue weighted by molar-refractivity contribution is 7.90. The first-order chi connectivity index (χ1) is 14.2. The van der Waals surface area contributed by atoms with Gasteiger partial charge < -0.3 is 9.30 Å². The Kier molecular flexibility index (Phi) is 6.52. The maximum absolute atomic E-state index is 12.8. The van der Waals surface area contributed by atoms with E-state index in [-0.39, 0.29) is 23.6 Å². The van der Waals surface area contributed by atoms with Gasteiger partial charge in [-0.25, -0.2) is 8.42 Å². The van der Waals surface area contributed by atoms with Crippen molar-refractivity contribution in [3.63, 3.8) is 0 Å². The molecule has 1 amide bonds. The fourth-order valence-corrected chi connectivity index (χ4v) is 4.68. The standard InChI is InChI=1S/C21H22N2O5S2/c1-4-14-9-10-17-18(11-14)29-21(23(17)13-19(24)28-5-2)22-20(25)15-7-6-8-16(12-15)30(3,26)27/h6-12H,4-5,13H2,1-3H3. The van der Waals surface area contributed by atoms with Gasteiger partial charge in [0.2, 0.25) is 0 Å². The molecule has 3 aromatic rings. The first-order valence-electron chi connectivity index (χ1n) is 9.40. The summed E-state index contributed by atoms with van der Waals surface area (Å²) in [6.07, 6.45) is 1.94. The molecule has 1 heterocycles. The van der Waals surface area contributed by atoms with Crippen LogP contribution in [-0.4, -0.2) is 37.7 Å². The van der Waals surface area contributed by atoms with Crippen LogP contribution in [0.15, 0.2) is 52.4 Å². The molecular weight excluding hydrogens is 424 g/mol. The smallest absolute Gasteiger partial charge is 0.326 e. The molecule has 0 saturated carbocycles. The van der Waals surface area contributed by atoms with Crippen LogP contribution in [0, 0.1) is 0 Å². The van der Waals surface area contributed by atoms with Gasteiger partial charge >= 0.3 is 5.97 Å². The monoisotopic (exact) mass is 446 g/mol. The Morgan fingerprint density at radius 3 is 2.57 bits per heavy atom. The molecule has 158 valence electrons. The minimum absolute atomic E-state index is 0.0480. The minimum Gasteiger partial charge on any atom is -0.465 e. The number of aromatic nitrogens is 1. The van der Waals surface area contributed by atoms with E-state index >= 15 is 0 Å². The summed E-state index contributed by atoms with van der Waals surface area (Å²) in [5.41, 5.74) is 2.07. The van der Waals surface area contributed by atoms with Crippen molar-refractivity contribution >= 4 is 43.3 Å². The van der Waals surface area contributed by atoms with Crippen LogP contribution >= 0.6 is 11.3 Å². The van der Waals surface area contributed by atoms with Gasteiger partial charge in [0.05, 0.1) is 21.7 Å². The quantitative estimate of drug-likeness (QED) is 0.543. The van der Waals surface area contributed by atoms with Crippen molar-refractivity contribution < 1.29 is 22.7 Å². The van der Waals surface area contributed by atoms with Gasteiger partial charge in [-0.05, 0) is 49.2 Å². The number of hydrogen-bond acceptors (Lipinski definition) is 6. The number of nitrogens with zero attached hydrogens (tertiary/aromatic N) is 2. The molecule has 0 N–H and O–H groups in total. The Hall–Kier alpha value is -2.78. The highest BCUT2D eigenvalue weighted by Gasteiger charge is 2.15. The number of fused-ring (bicyclic) bond motifs is 1. The average Bonchev–Trinajstić information content (AvgIpc) is 3.03. The number of amides is 1. The van der Waals surface area contributed by atoms with Crippen LogP contribution in [0.3, 0.4) is 0 Å². The topological polar surface area (TPSA) is 94.8 Å². The molecule has 9 heteroatoms. The van der Waals surface area contributed by atoms with Crippen LogP contribution < -0.4 is 4.80 Å². The first kappa shape index (κ1) is 21.9. The van der Waals surface area contributed by atoms with Gasteiger partial charge in [0.25, 0.3) is 5.91 Å². The van der Waals surface area contributed by atoms with Crippen LogP contribution in [0.2, 0.25) is 0 Å². The zero-order valence-electron chi connectivity index (χ0n) is 16.9. The number of sulfone groups is 1. The van der Waals surface area contributed by atoms with E-state index in [1.807, 2.05) is 25.1 Å². The SMILES string of the molecule is CCOC(=O)Cn1c(=NC(=O)c2cccc(S(C)(=O)=O)c2)sc2cc(CC)ccc21. The lowest BCUT2D eigenvalue weighted by atomic mass is 10.2. The molecule has 30 heavy (non-hydrogen) atoms. The molecule has 0 unspecified atom stereocenters. The lowest BCUT2D eigenvalue weighted by Gasteiger charge is -2.05. The van der Waals surface area contributed by atoms with Crippen molar-refractivity contribution in [2.75, 3.05) is 12.9 Å². The minimum atomic E-state index is -3.45. The zero-order chi connectivity index (χ0) is 21.9. The highest BCUT2D eigenvalue weighted by atomic mass is 32.2. The second-order valence-electron chi connectivity index (χ2n) is 6.65. The molecule has 0 saturated heterocycles. The van der Waals surface area contributed by atoms with E-state index in [4.69, 9.17) is 4.74 Å². The molecule has 0 aliphatic rings. The number of carbonyl (C=O) groups is 2. The van der Waals surface area contributed by atoms with Crippen molar-refractivity contribution in [2.24, 2.45) is 4.99 Å². The molecule has 7 nitrogen and oxygen atoms in total. The van der Waals surface area contributed by atoms with Gasteiger partial charge in [-0.1, -0.05) is 30.4 Å². The number of aryl methyl sites for hydroxylation is 1. The number of ether oxygens (including phenoxy) is 1. The summed E-state index contributed by atoms with van der Waals surface area (Å²) in [4.78, 5) is 29.5. The number of benzene rings is 2. The molecule has 0 bridgehead atoms. The van der Waals surface area contributed by atoms with E-state index in [0.29, 0.717) is 4.80 Å². The Bertz CT molecular complexity index is 1290. The molecule has 0 aliphatic heterocycles. The average molecular weight is 447 g/mol. The molecule has 0 aliphatic carbocycles. The fraction of sp³-hybridized carbons (Fsp3) is 0.286. The third-order valence-electron chi connectivity index (χ3n) is 4.45. The summed E-state index contributed by atoms with van der Waals surface area (Å²) in [7, 11) is -3.45. The summed E-state index contributed by atoms with van der Waals surface area (Å²) in [6.45, 7) is 3.95. The van der Waals surface area contributed by atoms with Crippen molar-refractivity contribution in [2.45, 2.75) is 31.7 Å². The highest BCUT2D eigenvalue weighted by Crippen LogP contribution is 2.20. The maximum atomic E-state index is 12.8. The van der Waals surface area contributed by atoms with E-state index < -0.39 is 21.7 Å². The summed E-state index contributed by atoms with van der Waals surface area (Å²) in [5.74, 6) is -1.01. The molecule has 0 spiro atoms. The molecule has 2 aromatic carbocycles. The van der Waals surface area contributed by atoms with Crippen molar-refractivity contribution in [1.82, 2.24) is 4.57 Å². The van der Waals surface area contributed by atoms with Gasteiger partial charge in [-0.2, -0.15) is 4.99 Å². The molecule has 0 atom stereocenters. The van der Waals surface area contributed by atoms with Crippen LogP contribution in [0.25, 0.3) is 10.2 Å². The summed E-state index contributed by atoms with van der Waals surface area (Å²) >= 11 is 1.30. The lowest BCUT2D eigenvalue weighted by Crippen LogP contribution is -2.23. The summed E-state index contributed by atoms with van der Waals surface area (Å²) in [5, 5.41) is 0. The Balaban J connectivity index is 2.12. The number of rotatable bonds is 6. The number of carbonyl (C=O) groups excluding carboxylic acids is 2. The molecule has 0 fully saturated rings. The second kappa shape index (κ2) is 8.93. The predicted octanol–water partition coefficient (Wildman–Crippen LogP) is 2.97. The van der Waals surface area contributed by atoms with Gasteiger partial charge in [-0.3, -0.25) is 9.59 Å². The largest absolute Gasteiger partial charge is 0.465 e. The summed E-state index contributed by atoms with van der Waals surface area (Å²) < 4.78 is 31.2. The maximum Gasteiger partial charge on any atom is 0.326 e. The van der Waals surface area contributed by atoms with Crippen LogP contribution in [0.5, 0.6) is 0 Å². The summed E-state index contributed by atoms with van der Waals surface area (Å²) in [6, 6.07) is 11.6. The molecule has 1 aromatic heterocycles. The van der Waals surface area contributed by atoms with Crippen LogP contribution in [0.4, 0.5) is 0 Å². The predicted molar refractivity (Wildman–Crippen MR) is 115 cm³/mol. The lowest BCUT2D eigenvalue weighted by molar-refractivity contribution is -0.143. The Labute approximate surface area is 178 Å². The van der Waals surface area contributed by atoms with Gasteiger partial charge in [0.1, 0.15) is 6.54 Å². The third-order valence-corrected chi connectivity index (χ3v) is 6.61. The van der Waals surface area contributed by atoms with Crippen molar-refractivity contribution in [3.8, 4) is 0 Å². The molecule has 0 radical (unpaired) electrons. The van der Waals surface area contributed by atoms with E-state index in [2.05, 4.69) is 4.99 Å². The van der Waals surface area contributed by atoms with Gasteiger partial charge in [0.15, 0.2) is 14.6 Å². The second-order valence-corrected chi connectivity index (χ2v) is 9.67. The number of esters is 1. The van der Waals surface area contributed by atoms with E-state index in [1.54, 1.807) is 11.5 Å². The number of thiazole rings is 1. The third kappa shape index (κ3) is 4.85. The Morgan fingerprint density at radius 1 is 1.13 bits per heavy atom. The first-order valence-corrected chi connectivity index (χ1v) is 12.1. The zero-order valence-corrected chi connectivity index (χ0v) is 18.5. The fourth-order valence-electron chi connectivity index (χ4n) is 2.92. The molecule has 3 rings (SSSR count). The van der Waals surface area contributed by atoms with E-state index in [9.17, 15) is 18.0 Å². The van der Waals surface area contributed by atoms with Gasteiger partial charge in [-0.15, -0.1) is 0 Å². The van der Waals surface area contributed by atoms with Gasteiger partial charge in [0, 0.05) is 11.8 Å². The van der Waals surface area contributed by atoms with Crippen molar-refractivity contribution in [1.29, 1.82) is 0 Å².